The Bertz CT molecular complexity index is 791. The molecule has 0 spiro atoms. The molecule has 0 heterocycles. The van der Waals surface area contributed by atoms with Gasteiger partial charge in [-0.25, -0.2) is 0 Å². The normalized spacial score (nSPS) is 13.2. The van der Waals surface area contributed by atoms with Crippen LogP contribution in [0.15, 0.2) is 55.1 Å². The summed E-state index contributed by atoms with van der Waals surface area (Å²) in [6.07, 6.45) is 5.83. The van der Waals surface area contributed by atoms with Crippen molar-refractivity contribution in [3.63, 3.8) is 0 Å². The molecule has 0 amide bonds. The zero-order valence-corrected chi connectivity index (χ0v) is 16.8. The average Bonchev–Trinajstić information content (AvgIpc) is 3.51. The molecule has 1 saturated carbocycles. The molecule has 3 nitrogen and oxygen atoms in total. The first-order chi connectivity index (χ1) is 13.7. The Balaban J connectivity index is 1.61. The van der Waals surface area contributed by atoms with E-state index in [2.05, 4.69) is 36.9 Å². The van der Waals surface area contributed by atoms with Crippen molar-refractivity contribution in [3.8, 4) is 5.75 Å². The zero-order valence-electron chi connectivity index (χ0n) is 16.8. The third-order valence-electron chi connectivity index (χ3n) is 5.05. The topological polar surface area (TPSA) is 35.5 Å². The number of carbonyl (C=O) groups excluding carboxylic acids is 1. The number of carbonyl (C=O) groups is 1. The second-order valence-electron chi connectivity index (χ2n) is 7.49. The van der Waals surface area contributed by atoms with Crippen LogP contribution in [0.3, 0.4) is 0 Å². The van der Waals surface area contributed by atoms with E-state index in [1.165, 1.54) is 24.0 Å². The van der Waals surface area contributed by atoms with Crippen molar-refractivity contribution in [2.45, 2.75) is 45.4 Å². The summed E-state index contributed by atoms with van der Waals surface area (Å²) in [5.41, 5.74) is 4.44. The summed E-state index contributed by atoms with van der Waals surface area (Å²) >= 11 is 0. The predicted octanol–water partition coefficient (Wildman–Crippen LogP) is 5.62. The molecule has 0 saturated heterocycles. The van der Waals surface area contributed by atoms with Crippen molar-refractivity contribution in [1.82, 2.24) is 0 Å². The summed E-state index contributed by atoms with van der Waals surface area (Å²) in [6, 6.07) is 16.7. The van der Waals surface area contributed by atoms with Gasteiger partial charge in [-0.05, 0) is 79.3 Å². The average molecular weight is 379 g/mol. The minimum Gasteiger partial charge on any atom is -0.494 e. The Morgan fingerprint density at radius 2 is 1.93 bits per heavy atom. The number of rotatable bonds is 11. The van der Waals surface area contributed by atoms with Crippen molar-refractivity contribution in [3.05, 3.63) is 71.8 Å². The molecule has 1 fully saturated rings. The molecular formula is C25H30O3. The number of hydrogen-bond acceptors (Lipinski definition) is 3. The molecular weight excluding hydrogens is 348 g/mol. The maximum atomic E-state index is 11.9. The lowest BCUT2D eigenvalue weighted by Crippen LogP contribution is -2.06. The van der Waals surface area contributed by atoms with Crippen molar-refractivity contribution in [2.75, 3.05) is 13.2 Å². The largest absolute Gasteiger partial charge is 0.494 e. The van der Waals surface area contributed by atoms with E-state index in [0.717, 1.165) is 42.1 Å². The molecule has 2 aromatic rings. The summed E-state index contributed by atoms with van der Waals surface area (Å²) in [5.74, 6) is 1.39. The van der Waals surface area contributed by atoms with Crippen LogP contribution in [-0.2, 0) is 22.4 Å². The van der Waals surface area contributed by atoms with Crippen molar-refractivity contribution < 1.29 is 14.3 Å². The van der Waals surface area contributed by atoms with Gasteiger partial charge in [-0.15, -0.1) is 0 Å². The highest BCUT2D eigenvalue weighted by molar-refractivity contribution is 5.85. The van der Waals surface area contributed by atoms with Crippen LogP contribution >= 0.6 is 0 Å². The fourth-order valence-electron chi connectivity index (χ4n) is 3.38. The van der Waals surface area contributed by atoms with E-state index in [0.29, 0.717) is 13.2 Å². The second-order valence-corrected chi connectivity index (χ2v) is 7.49. The first-order valence-corrected chi connectivity index (χ1v) is 10.3. The SMILES string of the molecule is C=C(CC(=O)OCC)c1cc(OCCCc2ccccc2)ccc1CC1CC1. The van der Waals surface area contributed by atoms with Crippen molar-refractivity contribution in [2.24, 2.45) is 5.92 Å². The molecule has 0 N–H and O–H groups in total. The van der Waals surface area contributed by atoms with Gasteiger partial charge in [0.1, 0.15) is 5.75 Å². The molecule has 3 rings (SSSR count). The third-order valence-corrected chi connectivity index (χ3v) is 5.05. The number of aryl methyl sites for hydroxylation is 1. The van der Waals surface area contributed by atoms with E-state index >= 15 is 0 Å². The first-order valence-electron chi connectivity index (χ1n) is 10.3. The monoisotopic (exact) mass is 378 g/mol. The maximum Gasteiger partial charge on any atom is 0.310 e. The Hall–Kier alpha value is -2.55. The molecule has 0 bridgehead atoms. The van der Waals surface area contributed by atoms with E-state index in [4.69, 9.17) is 9.47 Å². The van der Waals surface area contributed by atoms with E-state index in [1.54, 1.807) is 0 Å². The standard InChI is InChI=1S/C25H30O3/c1-3-27-25(26)16-19(2)24-18-23(14-13-22(24)17-21-11-12-21)28-15-7-10-20-8-5-4-6-9-20/h4-6,8-9,13-14,18,21H,2-3,7,10-12,15-17H2,1H3. The van der Waals surface area contributed by atoms with Crippen LogP contribution in [0.25, 0.3) is 5.57 Å². The van der Waals surface area contributed by atoms with E-state index < -0.39 is 0 Å². The predicted molar refractivity (Wildman–Crippen MR) is 113 cm³/mol. The summed E-state index contributed by atoms with van der Waals surface area (Å²) in [5, 5.41) is 0. The first kappa shape index (κ1) is 20.2. The molecule has 0 aliphatic heterocycles. The lowest BCUT2D eigenvalue weighted by atomic mass is 9.95. The number of hydrogen-bond donors (Lipinski definition) is 0. The van der Waals surface area contributed by atoms with Gasteiger partial charge in [0.05, 0.1) is 19.6 Å². The zero-order chi connectivity index (χ0) is 19.8. The Morgan fingerprint density at radius 3 is 2.64 bits per heavy atom. The molecule has 0 radical (unpaired) electrons. The molecule has 1 aliphatic rings. The van der Waals surface area contributed by atoms with Crippen LogP contribution in [0, 0.1) is 5.92 Å². The van der Waals surface area contributed by atoms with Gasteiger partial charge in [0, 0.05) is 0 Å². The van der Waals surface area contributed by atoms with E-state index in [1.807, 2.05) is 25.1 Å². The van der Waals surface area contributed by atoms with Crippen LogP contribution in [-0.4, -0.2) is 19.2 Å². The van der Waals surface area contributed by atoms with Gasteiger partial charge in [0.15, 0.2) is 0 Å². The molecule has 0 unspecified atom stereocenters. The Kier molecular flexibility index (Phi) is 7.30. The van der Waals surface area contributed by atoms with Gasteiger partial charge in [0.25, 0.3) is 0 Å². The van der Waals surface area contributed by atoms with Crippen LogP contribution in [0.5, 0.6) is 5.75 Å². The third kappa shape index (κ3) is 6.26. The van der Waals surface area contributed by atoms with Gasteiger partial charge in [0.2, 0.25) is 0 Å². The Morgan fingerprint density at radius 1 is 1.14 bits per heavy atom. The fourth-order valence-corrected chi connectivity index (χ4v) is 3.38. The summed E-state index contributed by atoms with van der Waals surface area (Å²) in [4.78, 5) is 11.9. The van der Waals surface area contributed by atoms with Gasteiger partial charge < -0.3 is 9.47 Å². The molecule has 2 aromatic carbocycles. The number of ether oxygens (including phenoxy) is 2. The fraction of sp³-hybridized carbons (Fsp3) is 0.400. The van der Waals surface area contributed by atoms with Crippen LogP contribution in [0.2, 0.25) is 0 Å². The van der Waals surface area contributed by atoms with E-state index in [-0.39, 0.29) is 12.4 Å². The van der Waals surface area contributed by atoms with Crippen LogP contribution < -0.4 is 4.74 Å². The van der Waals surface area contributed by atoms with Gasteiger partial charge in [-0.2, -0.15) is 0 Å². The highest BCUT2D eigenvalue weighted by Gasteiger charge is 2.23. The smallest absolute Gasteiger partial charge is 0.310 e. The molecule has 28 heavy (non-hydrogen) atoms. The van der Waals surface area contributed by atoms with Crippen molar-refractivity contribution in [1.29, 1.82) is 0 Å². The van der Waals surface area contributed by atoms with Crippen molar-refractivity contribution >= 4 is 11.5 Å². The minimum absolute atomic E-state index is 0.223. The second kappa shape index (κ2) is 10.1. The minimum atomic E-state index is -0.223. The highest BCUT2D eigenvalue weighted by Crippen LogP contribution is 2.36. The number of benzene rings is 2. The van der Waals surface area contributed by atoms with Gasteiger partial charge in [-0.3, -0.25) is 4.79 Å². The molecule has 148 valence electrons. The Labute approximate surface area is 168 Å². The molecule has 0 atom stereocenters. The quantitative estimate of drug-likeness (QED) is 0.376. The van der Waals surface area contributed by atoms with Gasteiger partial charge >= 0.3 is 5.97 Å². The maximum absolute atomic E-state index is 11.9. The van der Waals surface area contributed by atoms with Gasteiger partial charge in [-0.1, -0.05) is 43.0 Å². The van der Waals surface area contributed by atoms with Crippen LogP contribution in [0.1, 0.15) is 49.3 Å². The summed E-state index contributed by atoms with van der Waals surface area (Å²) in [7, 11) is 0. The highest BCUT2D eigenvalue weighted by atomic mass is 16.5. The number of esters is 1. The van der Waals surface area contributed by atoms with Crippen LogP contribution in [0.4, 0.5) is 0 Å². The lowest BCUT2D eigenvalue weighted by molar-refractivity contribution is -0.141. The molecule has 1 aliphatic carbocycles. The van der Waals surface area contributed by atoms with E-state index in [9.17, 15) is 4.79 Å². The summed E-state index contributed by atoms with van der Waals surface area (Å²) < 4.78 is 11.1. The summed E-state index contributed by atoms with van der Waals surface area (Å²) in [6.45, 7) is 7.04. The molecule has 3 heteroatoms. The lowest BCUT2D eigenvalue weighted by Gasteiger charge is -2.15. The molecule has 0 aromatic heterocycles.